The summed E-state index contributed by atoms with van der Waals surface area (Å²) in [6.07, 6.45) is 0. The molecule has 5 rings (SSSR count). The van der Waals surface area contributed by atoms with Crippen LogP contribution in [0.25, 0.3) is 11.1 Å². The van der Waals surface area contributed by atoms with E-state index in [9.17, 15) is 41.9 Å². The van der Waals surface area contributed by atoms with E-state index in [2.05, 4.69) is 9.44 Å². The van der Waals surface area contributed by atoms with Crippen LogP contribution in [-0.2, 0) is 20.0 Å². The van der Waals surface area contributed by atoms with Crippen molar-refractivity contribution in [1.29, 1.82) is 0 Å². The van der Waals surface area contributed by atoms with Gasteiger partial charge in [-0.1, -0.05) is 60.7 Å². The highest BCUT2D eigenvalue weighted by Crippen LogP contribution is 2.49. The van der Waals surface area contributed by atoms with Gasteiger partial charge in [0.15, 0.2) is 5.78 Å². The zero-order valence-electron chi connectivity index (χ0n) is 23.1. The minimum Gasteiger partial charge on any atom is -0.289 e. The Labute approximate surface area is 252 Å². The van der Waals surface area contributed by atoms with Gasteiger partial charge in [-0.2, -0.15) is 0 Å². The Hall–Kier alpha value is -4.83. The molecular formula is C29H24N4O9S2. The van der Waals surface area contributed by atoms with Crippen molar-refractivity contribution in [3.8, 4) is 11.1 Å². The van der Waals surface area contributed by atoms with Crippen molar-refractivity contribution in [2.24, 2.45) is 0 Å². The predicted molar refractivity (Wildman–Crippen MR) is 159 cm³/mol. The van der Waals surface area contributed by atoms with Gasteiger partial charge in [0.05, 0.1) is 30.8 Å². The third-order valence-electron chi connectivity index (χ3n) is 7.20. The van der Waals surface area contributed by atoms with Crippen molar-refractivity contribution in [3.05, 3.63) is 127 Å². The van der Waals surface area contributed by atoms with Crippen LogP contribution < -0.4 is 9.44 Å². The SMILES string of the molecule is C[C@H](NS(=O)(=O)c1cc2c(c([N+](=O)[O-])c1)-c1c(cc(S(=O)(=O)N[C@@H](C)c3ccccc3)cc1[N+](=O)[O-])C2=O)c1ccccc1. The van der Waals surface area contributed by atoms with Gasteiger partial charge >= 0.3 is 0 Å². The van der Waals surface area contributed by atoms with Crippen LogP contribution in [0.3, 0.4) is 0 Å². The van der Waals surface area contributed by atoms with Crippen LogP contribution in [0.1, 0.15) is 53.0 Å². The normalized spacial score (nSPS) is 14.0. The lowest BCUT2D eigenvalue weighted by Crippen LogP contribution is -2.27. The molecule has 0 heterocycles. The van der Waals surface area contributed by atoms with Crippen LogP contribution in [0.2, 0.25) is 0 Å². The number of rotatable bonds is 10. The molecule has 0 radical (unpaired) electrons. The Morgan fingerprint density at radius 2 is 0.955 bits per heavy atom. The van der Waals surface area contributed by atoms with E-state index < -0.39 is 91.2 Å². The number of benzene rings is 4. The van der Waals surface area contributed by atoms with E-state index in [0.717, 1.165) is 24.3 Å². The van der Waals surface area contributed by atoms with E-state index in [1.54, 1.807) is 74.5 Å². The van der Waals surface area contributed by atoms with E-state index in [1.807, 2.05) is 0 Å². The number of hydrogen-bond acceptors (Lipinski definition) is 9. The molecule has 0 spiro atoms. The number of nitrogens with one attached hydrogen (secondary N) is 2. The summed E-state index contributed by atoms with van der Waals surface area (Å²) in [5.41, 5.74) is -2.41. The zero-order valence-corrected chi connectivity index (χ0v) is 24.8. The van der Waals surface area contributed by atoms with Crippen LogP contribution in [0, 0.1) is 20.2 Å². The third kappa shape index (κ3) is 5.60. The van der Waals surface area contributed by atoms with Gasteiger partial charge in [0.25, 0.3) is 11.4 Å². The first-order valence-corrected chi connectivity index (χ1v) is 16.0. The molecule has 1 aliphatic carbocycles. The number of carbonyl (C=O) groups is 1. The summed E-state index contributed by atoms with van der Waals surface area (Å²) in [7, 11) is -8.88. The molecule has 4 aromatic rings. The fourth-order valence-corrected chi connectivity index (χ4v) is 7.60. The molecule has 0 aromatic heterocycles. The average Bonchev–Trinajstić information content (AvgIpc) is 3.28. The molecule has 0 fully saturated rings. The second kappa shape index (κ2) is 11.3. The van der Waals surface area contributed by atoms with Gasteiger partial charge in [0.2, 0.25) is 20.0 Å². The minimum absolute atomic E-state index is 0.466. The number of carbonyl (C=O) groups excluding carboxylic acids is 1. The number of hydrogen-bond donors (Lipinski definition) is 2. The number of ketones is 1. The Morgan fingerprint density at radius 1 is 0.614 bits per heavy atom. The predicted octanol–water partition coefficient (Wildman–Crippen LogP) is 4.79. The van der Waals surface area contributed by atoms with Gasteiger partial charge in [-0.3, -0.25) is 25.0 Å². The first-order valence-electron chi connectivity index (χ1n) is 13.1. The van der Waals surface area contributed by atoms with Crippen molar-refractivity contribution >= 4 is 37.2 Å². The standard InChI is InChI=1S/C29H24N4O9S2/c1-17(19-9-5-3-6-10-19)30-43(39,40)21-13-23-27(25(15-21)32(35)36)28-24(29(23)34)14-22(16-26(28)33(37)38)44(41,42)31-18(2)20-11-7-4-8-12-20/h3-18,30-31H,1-2H3/t17-,18-/m0/s1. The summed E-state index contributed by atoms with van der Waals surface area (Å²) >= 11 is 0. The van der Waals surface area contributed by atoms with Crippen molar-refractivity contribution in [3.63, 3.8) is 0 Å². The molecule has 226 valence electrons. The minimum atomic E-state index is -4.44. The highest BCUT2D eigenvalue weighted by molar-refractivity contribution is 7.89. The fraction of sp³-hybridized carbons (Fsp3) is 0.138. The average molecular weight is 637 g/mol. The molecular weight excluding hydrogens is 612 g/mol. The highest BCUT2D eigenvalue weighted by atomic mass is 32.2. The van der Waals surface area contributed by atoms with Gasteiger partial charge in [0.1, 0.15) is 0 Å². The zero-order chi connectivity index (χ0) is 32.0. The largest absolute Gasteiger partial charge is 0.289 e. The Bertz CT molecular complexity index is 1900. The highest BCUT2D eigenvalue weighted by Gasteiger charge is 2.42. The van der Waals surface area contributed by atoms with Crippen molar-refractivity contribution in [2.45, 2.75) is 35.7 Å². The maximum atomic E-state index is 13.6. The van der Waals surface area contributed by atoms with Crippen LogP contribution in [-0.4, -0.2) is 32.5 Å². The van der Waals surface area contributed by atoms with Gasteiger partial charge in [0, 0.05) is 35.3 Å². The summed E-state index contributed by atoms with van der Waals surface area (Å²) < 4.78 is 58.1. The van der Waals surface area contributed by atoms with Crippen LogP contribution >= 0.6 is 0 Å². The van der Waals surface area contributed by atoms with Crippen LogP contribution in [0.5, 0.6) is 0 Å². The lowest BCUT2D eigenvalue weighted by atomic mass is 10.0. The Kier molecular flexibility index (Phi) is 7.90. The maximum absolute atomic E-state index is 13.6. The second-order valence-electron chi connectivity index (χ2n) is 10.1. The topological polar surface area (TPSA) is 196 Å². The third-order valence-corrected chi connectivity index (χ3v) is 10.2. The van der Waals surface area contributed by atoms with Crippen LogP contribution in [0.15, 0.2) is 94.7 Å². The molecule has 15 heteroatoms. The monoisotopic (exact) mass is 636 g/mol. The molecule has 0 amide bonds. The van der Waals surface area contributed by atoms with Gasteiger partial charge in [-0.05, 0) is 37.1 Å². The number of nitro groups is 2. The van der Waals surface area contributed by atoms with Gasteiger partial charge < -0.3 is 0 Å². The van der Waals surface area contributed by atoms with Crippen molar-refractivity contribution < 1.29 is 31.5 Å². The molecule has 0 unspecified atom stereocenters. The van der Waals surface area contributed by atoms with E-state index in [1.165, 1.54) is 0 Å². The van der Waals surface area contributed by atoms with E-state index in [-0.39, 0.29) is 0 Å². The molecule has 1 aliphatic rings. The second-order valence-corrected chi connectivity index (χ2v) is 13.5. The fourth-order valence-electron chi connectivity index (χ4n) is 5.05. The van der Waals surface area contributed by atoms with Gasteiger partial charge in [-0.25, -0.2) is 26.3 Å². The summed E-state index contributed by atoms with van der Waals surface area (Å²) in [5, 5.41) is 24.3. The molecule has 2 atom stereocenters. The summed E-state index contributed by atoms with van der Waals surface area (Å²) in [6, 6.07) is 18.8. The number of nitro benzene ring substituents is 2. The molecule has 4 aromatic carbocycles. The first kappa shape index (κ1) is 30.6. The maximum Gasteiger partial charge on any atom is 0.279 e. The summed E-state index contributed by atoms with van der Waals surface area (Å²) in [4.78, 5) is 34.8. The molecule has 44 heavy (non-hydrogen) atoms. The molecule has 2 N–H and O–H groups in total. The van der Waals surface area contributed by atoms with Crippen molar-refractivity contribution in [1.82, 2.24) is 9.44 Å². The molecule has 0 bridgehead atoms. The lowest BCUT2D eigenvalue weighted by molar-refractivity contribution is -0.386. The summed E-state index contributed by atoms with van der Waals surface area (Å²) in [6.45, 7) is 3.13. The Balaban J connectivity index is 1.61. The number of sulfonamides is 2. The molecule has 13 nitrogen and oxygen atoms in total. The lowest BCUT2D eigenvalue weighted by Gasteiger charge is -2.15. The van der Waals surface area contributed by atoms with Crippen LogP contribution in [0.4, 0.5) is 11.4 Å². The first-order chi connectivity index (χ1) is 20.7. The smallest absolute Gasteiger partial charge is 0.279 e. The van der Waals surface area contributed by atoms with Gasteiger partial charge in [-0.15, -0.1) is 0 Å². The molecule has 0 saturated heterocycles. The molecule has 0 saturated carbocycles. The van der Waals surface area contributed by atoms with E-state index in [0.29, 0.717) is 11.1 Å². The number of nitrogens with zero attached hydrogens (tertiary/aromatic N) is 2. The summed E-state index contributed by atoms with van der Waals surface area (Å²) in [5.74, 6) is -0.998. The quantitative estimate of drug-likeness (QED) is 0.160. The van der Waals surface area contributed by atoms with E-state index >= 15 is 0 Å². The number of fused-ring (bicyclic) bond motifs is 3. The molecule has 0 aliphatic heterocycles. The van der Waals surface area contributed by atoms with E-state index in [4.69, 9.17) is 0 Å². The van der Waals surface area contributed by atoms with Crippen molar-refractivity contribution in [2.75, 3.05) is 0 Å². The Morgan fingerprint density at radius 3 is 1.27 bits per heavy atom.